The number of anilines is 1. The second kappa shape index (κ2) is 7.21. The van der Waals surface area contributed by atoms with Crippen LogP contribution in [-0.2, 0) is 0 Å². The molecule has 0 spiro atoms. The van der Waals surface area contributed by atoms with Gasteiger partial charge in [-0.3, -0.25) is 4.90 Å². The molecule has 0 radical (unpaired) electrons. The number of amides is 2. The summed E-state index contributed by atoms with van der Waals surface area (Å²) in [6.45, 7) is 14.0. The van der Waals surface area contributed by atoms with E-state index in [0.717, 1.165) is 37.6 Å². The maximum atomic E-state index is 12.4. The summed E-state index contributed by atoms with van der Waals surface area (Å²) in [6, 6.07) is 7.48. The molecule has 1 fully saturated rings. The van der Waals surface area contributed by atoms with E-state index in [9.17, 15) is 4.79 Å². The van der Waals surface area contributed by atoms with Crippen LogP contribution in [0.4, 0.5) is 10.5 Å². The Morgan fingerprint density at radius 1 is 1.09 bits per heavy atom. The maximum Gasteiger partial charge on any atom is 0.321 e. The summed E-state index contributed by atoms with van der Waals surface area (Å²) in [5, 5.41) is 2.96. The molecule has 5 heteroatoms. The summed E-state index contributed by atoms with van der Waals surface area (Å²) in [5.74, 6) is 0.816. The van der Waals surface area contributed by atoms with Gasteiger partial charge in [-0.2, -0.15) is 0 Å². The number of nitrogens with one attached hydrogen (secondary N) is 1. The molecule has 1 aliphatic heterocycles. The van der Waals surface area contributed by atoms with Gasteiger partial charge in [-0.25, -0.2) is 4.79 Å². The molecule has 0 bridgehead atoms. The first-order chi connectivity index (χ1) is 10.8. The fraction of sp³-hybridized carbons (Fsp3) is 0.611. The number of urea groups is 1. The molecule has 23 heavy (non-hydrogen) atoms. The van der Waals surface area contributed by atoms with E-state index in [0.29, 0.717) is 0 Å². The Morgan fingerprint density at radius 2 is 1.65 bits per heavy atom. The fourth-order valence-corrected chi connectivity index (χ4v) is 2.67. The molecule has 1 N–H and O–H groups in total. The van der Waals surface area contributed by atoms with Crippen LogP contribution >= 0.6 is 0 Å². The fourth-order valence-electron chi connectivity index (χ4n) is 2.67. The van der Waals surface area contributed by atoms with E-state index < -0.39 is 0 Å². The number of hydrogen-bond donors (Lipinski definition) is 1. The maximum absolute atomic E-state index is 12.4. The summed E-state index contributed by atoms with van der Waals surface area (Å²) in [5.41, 5.74) is 0.957. The van der Waals surface area contributed by atoms with Crippen molar-refractivity contribution in [2.45, 2.75) is 46.3 Å². The molecule has 1 aliphatic rings. The quantitative estimate of drug-likeness (QED) is 0.928. The van der Waals surface area contributed by atoms with Gasteiger partial charge in [0.15, 0.2) is 0 Å². The highest BCUT2D eigenvalue weighted by molar-refractivity contribution is 5.89. The highest BCUT2D eigenvalue weighted by Gasteiger charge is 2.27. The van der Waals surface area contributed by atoms with Crippen molar-refractivity contribution >= 4 is 11.7 Å². The predicted molar refractivity (Wildman–Crippen MR) is 94.1 cm³/mol. The molecular weight excluding hydrogens is 290 g/mol. The lowest BCUT2D eigenvalue weighted by Crippen LogP contribution is -2.55. The highest BCUT2D eigenvalue weighted by Crippen LogP contribution is 2.19. The zero-order valence-corrected chi connectivity index (χ0v) is 14.9. The molecule has 1 aromatic rings. The highest BCUT2D eigenvalue weighted by atomic mass is 16.5. The van der Waals surface area contributed by atoms with Gasteiger partial charge in [0, 0.05) is 37.4 Å². The molecule has 1 heterocycles. The number of benzene rings is 1. The van der Waals surface area contributed by atoms with Crippen LogP contribution in [0.2, 0.25) is 0 Å². The smallest absolute Gasteiger partial charge is 0.321 e. The van der Waals surface area contributed by atoms with E-state index in [1.165, 1.54) is 0 Å². The van der Waals surface area contributed by atoms with Crippen LogP contribution in [0.5, 0.6) is 5.75 Å². The second-order valence-electron chi connectivity index (χ2n) is 7.27. The van der Waals surface area contributed by atoms with Crippen molar-refractivity contribution in [3.63, 3.8) is 0 Å². The first kappa shape index (κ1) is 17.6. The van der Waals surface area contributed by atoms with Crippen LogP contribution in [0.3, 0.4) is 0 Å². The molecule has 5 nitrogen and oxygen atoms in total. The van der Waals surface area contributed by atoms with Crippen molar-refractivity contribution in [2.24, 2.45) is 0 Å². The van der Waals surface area contributed by atoms with Gasteiger partial charge < -0.3 is 15.0 Å². The molecular formula is C18H29N3O2. The first-order valence-corrected chi connectivity index (χ1v) is 8.33. The predicted octanol–water partition coefficient (Wildman–Crippen LogP) is 3.42. The molecule has 0 aromatic heterocycles. The lowest BCUT2D eigenvalue weighted by molar-refractivity contribution is 0.0774. The Hall–Kier alpha value is -1.75. The van der Waals surface area contributed by atoms with Crippen molar-refractivity contribution < 1.29 is 9.53 Å². The van der Waals surface area contributed by atoms with Gasteiger partial charge >= 0.3 is 6.03 Å². The van der Waals surface area contributed by atoms with E-state index in [2.05, 4.69) is 31.0 Å². The third kappa shape index (κ3) is 5.13. The number of piperazine rings is 1. The van der Waals surface area contributed by atoms with Crippen LogP contribution < -0.4 is 10.1 Å². The van der Waals surface area contributed by atoms with Gasteiger partial charge in [-0.15, -0.1) is 0 Å². The Morgan fingerprint density at radius 3 is 2.13 bits per heavy atom. The largest absolute Gasteiger partial charge is 0.491 e. The minimum absolute atomic E-state index is 0.0314. The van der Waals surface area contributed by atoms with Crippen molar-refractivity contribution in [2.75, 3.05) is 31.5 Å². The summed E-state index contributed by atoms with van der Waals surface area (Å²) < 4.78 is 5.61. The van der Waals surface area contributed by atoms with E-state index in [-0.39, 0.29) is 17.7 Å². The summed E-state index contributed by atoms with van der Waals surface area (Å²) in [7, 11) is 0. The number of hydrogen-bond acceptors (Lipinski definition) is 3. The van der Waals surface area contributed by atoms with Gasteiger partial charge in [0.05, 0.1) is 6.10 Å². The van der Waals surface area contributed by atoms with Crippen molar-refractivity contribution in [1.29, 1.82) is 0 Å². The van der Waals surface area contributed by atoms with Gasteiger partial charge in [-0.05, 0) is 58.9 Å². The Balaban J connectivity index is 1.85. The molecule has 2 amide bonds. The third-order valence-electron chi connectivity index (χ3n) is 3.99. The molecule has 128 valence electrons. The summed E-state index contributed by atoms with van der Waals surface area (Å²) in [4.78, 5) is 16.6. The third-order valence-corrected chi connectivity index (χ3v) is 3.99. The number of carbonyl (C=O) groups is 1. The molecule has 0 aliphatic carbocycles. The minimum Gasteiger partial charge on any atom is -0.491 e. The van der Waals surface area contributed by atoms with Crippen LogP contribution in [0.1, 0.15) is 34.6 Å². The normalized spacial score (nSPS) is 16.5. The van der Waals surface area contributed by atoms with Gasteiger partial charge in [0.25, 0.3) is 0 Å². The standard InChI is InChI=1S/C18H29N3O2/c1-14(2)23-16-8-6-15(7-9-16)19-17(22)20-10-12-21(13-11-20)18(3,4)5/h6-9,14H,10-13H2,1-5H3,(H,19,22). The van der Waals surface area contributed by atoms with Gasteiger partial charge in [0.1, 0.15) is 5.75 Å². The average Bonchev–Trinajstić information content (AvgIpc) is 2.48. The Bertz CT molecular complexity index is 512. The summed E-state index contributed by atoms with van der Waals surface area (Å²) >= 11 is 0. The number of ether oxygens (including phenoxy) is 1. The molecule has 2 rings (SSSR count). The Kier molecular flexibility index (Phi) is 5.52. The first-order valence-electron chi connectivity index (χ1n) is 8.33. The van der Waals surface area contributed by atoms with E-state index in [1.807, 2.05) is 43.0 Å². The van der Waals surface area contributed by atoms with Crippen molar-refractivity contribution in [1.82, 2.24) is 9.80 Å². The van der Waals surface area contributed by atoms with Gasteiger partial charge in [-0.1, -0.05) is 0 Å². The minimum atomic E-state index is -0.0314. The van der Waals surface area contributed by atoms with E-state index in [4.69, 9.17) is 4.74 Å². The zero-order chi connectivity index (χ0) is 17.0. The number of nitrogens with zero attached hydrogens (tertiary/aromatic N) is 2. The number of rotatable bonds is 3. The zero-order valence-electron chi connectivity index (χ0n) is 14.9. The topological polar surface area (TPSA) is 44.8 Å². The summed E-state index contributed by atoms with van der Waals surface area (Å²) in [6.07, 6.45) is 0.148. The SMILES string of the molecule is CC(C)Oc1ccc(NC(=O)N2CCN(C(C)(C)C)CC2)cc1. The van der Waals surface area contributed by atoms with Crippen LogP contribution in [0.25, 0.3) is 0 Å². The van der Waals surface area contributed by atoms with Crippen LogP contribution in [-0.4, -0.2) is 53.7 Å². The monoisotopic (exact) mass is 319 g/mol. The molecule has 1 aromatic carbocycles. The van der Waals surface area contributed by atoms with Crippen molar-refractivity contribution in [3.8, 4) is 5.75 Å². The lowest BCUT2D eigenvalue weighted by atomic mass is 10.1. The van der Waals surface area contributed by atoms with E-state index in [1.54, 1.807) is 0 Å². The van der Waals surface area contributed by atoms with Crippen LogP contribution in [0, 0.1) is 0 Å². The molecule has 0 unspecified atom stereocenters. The molecule has 0 saturated carbocycles. The molecule has 1 saturated heterocycles. The van der Waals surface area contributed by atoms with Gasteiger partial charge in [0.2, 0.25) is 0 Å². The average molecular weight is 319 g/mol. The van der Waals surface area contributed by atoms with E-state index >= 15 is 0 Å². The Labute approximate surface area is 139 Å². The second-order valence-corrected chi connectivity index (χ2v) is 7.27. The van der Waals surface area contributed by atoms with Crippen molar-refractivity contribution in [3.05, 3.63) is 24.3 Å². The lowest BCUT2D eigenvalue weighted by Gasteiger charge is -2.42. The number of carbonyl (C=O) groups excluding carboxylic acids is 1. The van der Waals surface area contributed by atoms with Crippen LogP contribution in [0.15, 0.2) is 24.3 Å². The molecule has 0 atom stereocenters.